The number of hydrogen-bond donors (Lipinski definition) is 1. The molecule has 32 heavy (non-hydrogen) atoms. The molecule has 0 aromatic carbocycles. The molecular weight excluding hydrogens is 420 g/mol. The highest BCUT2D eigenvalue weighted by Gasteiger charge is 2.51. The van der Waals surface area contributed by atoms with Crippen molar-refractivity contribution in [1.82, 2.24) is 24.1 Å². The van der Waals surface area contributed by atoms with E-state index in [9.17, 15) is 5.26 Å². The quantitative estimate of drug-likeness (QED) is 0.741. The Hall–Kier alpha value is -2.28. The number of fused-ring (bicyclic) bond motifs is 1. The van der Waals surface area contributed by atoms with Crippen molar-refractivity contribution in [2.75, 3.05) is 49.5 Å². The van der Waals surface area contributed by atoms with Crippen molar-refractivity contribution in [3.63, 3.8) is 0 Å². The van der Waals surface area contributed by atoms with Gasteiger partial charge in [-0.3, -0.25) is 9.80 Å². The Kier molecular flexibility index (Phi) is 5.35. The van der Waals surface area contributed by atoms with Gasteiger partial charge in [-0.25, -0.2) is 4.98 Å². The predicted octanol–water partition coefficient (Wildman–Crippen LogP) is 3.18. The van der Waals surface area contributed by atoms with Crippen LogP contribution in [0, 0.1) is 30.6 Å². The summed E-state index contributed by atoms with van der Waals surface area (Å²) in [6.07, 6.45) is 3.68. The topological polar surface area (TPSA) is 84.2 Å². The average Bonchev–Trinajstić information content (AvgIpc) is 3.26. The van der Waals surface area contributed by atoms with Crippen LogP contribution >= 0.6 is 11.5 Å². The molecule has 3 aliphatic rings. The molecule has 9 heteroatoms. The summed E-state index contributed by atoms with van der Waals surface area (Å²) in [6, 6.07) is 5.10. The second-order valence-corrected chi connectivity index (χ2v) is 11.3. The third-order valence-corrected chi connectivity index (χ3v) is 7.98. The van der Waals surface area contributed by atoms with Gasteiger partial charge < -0.3 is 10.2 Å². The van der Waals surface area contributed by atoms with E-state index >= 15 is 0 Å². The van der Waals surface area contributed by atoms with Crippen molar-refractivity contribution < 1.29 is 0 Å². The minimum absolute atomic E-state index is 0.0761. The van der Waals surface area contributed by atoms with Crippen LogP contribution in [0.4, 0.5) is 16.8 Å². The lowest BCUT2D eigenvalue weighted by Gasteiger charge is -2.58. The van der Waals surface area contributed by atoms with Crippen molar-refractivity contribution >= 4 is 28.3 Å². The zero-order valence-electron chi connectivity index (χ0n) is 19.4. The molecule has 8 nitrogen and oxygen atoms in total. The molecule has 3 saturated heterocycles. The molecule has 5 heterocycles. The van der Waals surface area contributed by atoms with E-state index in [0.717, 1.165) is 54.8 Å². The van der Waals surface area contributed by atoms with Gasteiger partial charge in [0.25, 0.3) is 0 Å². The molecule has 0 bridgehead atoms. The average molecular weight is 453 g/mol. The summed E-state index contributed by atoms with van der Waals surface area (Å²) < 4.78 is 4.31. The number of aromatic nitrogens is 3. The van der Waals surface area contributed by atoms with E-state index in [1.165, 1.54) is 24.5 Å². The smallest absolute Gasteiger partial charge is 0.229 e. The van der Waals surface area contributed by atoms with Gasteiger partial charge in [-0.2, -0.15) is 14.6 Å². The largest absolute Gasteiger partial charge is 0.352 e. The number of anilines is 3. The molecule has 0 amide bonds. The maximum Gasteiger partial charge on any atom is 0.229 e. The first-order valence-corrected chi connectivity index (χ1v) is 12.2. The molecule has 0 saturated carbocycles. The van der Waals surface area contributed by atoms with Crippen LogP contribution in [-0.4, -0.2) is 75.0 Å². The van der Waals surface area contributed by atoms with Crippen LogP contribution in [0.2, 0.25) is 0 Å². The van der Waals surface area contributed by atoms with E-state index in [1.54, 1.807) is 0 Å². The molecule has 2 aromatic rings. The summed E-state index contributed by atoms with van der Waals surface area (Å²) in [6.45, 7) is 14.9. The Morgan fingerprint density at radius 3 is 2.78 bits per heavy atom. The highest BCUT2D eigenvalue weighted by Crippen LogP contribution is 2.41. The van der Waals surface area contributed by atoms with Gasteiger partial charge in [0, 0.05) is 57.1 Å². The van der Waals surface area contributed by atoms with Crippen LogP contribution in [0.25, 0.3) is 0 Å². The Morgan fingerprint density at radius 1 is 1.25 bits per heavy atom. The van der Waals surface area contributed by atoms with Gasteiger partial charge in [-0.15, -0.1) is 0 Å². The summed E-state index contributed by atoms with van der Waals surface area (Å²) in [5.74, 6) is 1.55. The standard InChI is InChI=1S/C23H32N8S/c1-16-11-25-21(26-19-9-17(2)28-32-19)27-20(16)30-14-23(15-30,5-6-24)31-8-7-29-13-22(3,4)10-18(29)12-31/h9,11,18H,5,7-8,10,12-15H2,1-4H3,(H,25,26,27)/t18-/m0/s1. The minimum atomic E-state index is -0.0761. The fourth-order valence-corrected chi connectivity index (χ4v) is 6.36. The lowest BCUT2D eigenvalue weighted by Crippen LogP contribution is -2.73. The Balaban J connectivity index is 1.30. The molecule has 170 valence electrons. The van der Waals surface area contributed by atoms with Crippen LogP contribution in [-0.2, 0) is 0 Å². The summed E-state index contributed by atoms with van der Waals surface area (Å²) in [5, 5.41) is 13.9. The lowest BCUT2D eigenvalue weighted by molar-refractivity contribution is -0.000671. The summed E-state index contributed by atoms with van der Waals surface area (Å²) in [5.41, 5.74) is 2.36. The Morgan fingerprint density at radius 2 is 2.06 bits per heavy atom. The normalized spacial score (nSPS) is 24.6. The van der Waals surface area contributed by atoms with Gasteiger partial charge in [-0.1, -0.05) is 13.8 Å². The van der Waals surface area contributed by atoms with Gasteiger partial charge in [-0.05, 0) is 43.3 Å². The predicted molar refractivity (Wildman–Crippen MR) is 127 cm³/mol. The number of hydrogen-bond acceptors (Lipinski definition) is 9. The molecule has 0 aliphatic carbocycles. The van der Waals surface area contributed by atoms with Crippen LogP contribution in [0.3, 0.4) is 0 Å². The first-order chi connectivity index (χ1) is 15.3. The maximum absolute atomic E-state index is 9.64. The first-order valence-electron chi connectivity index (χ1n) is 11.4. The first kappa shape index (κ1) is 21.6. The highest BCUT2D eigenvalue weighted by atomic mass is 32.1. The molecule has 3 aliphatic heterocycles. The zero-order chi connectivity index (χ0) is 22.5. The Labute approximate surface area is 194 Å². The lowest BCUT2D eigenvalue weighted by atomic mass is 9.83. The number of nitrogens with zero attached hydrogens (tertiary/aromatic N) is 7. The van der Waals surface area contributed by atoms with Gasteiger partial charge in [0.2, 0.25) is 5.95 Å². The van der Waals surface area contributed by atoms with Crippen LogP contribution in [0.15, 0.2) is 12.3 Å². The number of nitrogens with one attached hydrogen (secondary N) is 1. The van der Waals surface area contributed by atoms with E-state index in [-0.39, 0.29) is 5.54 Å². The highest BCUT2D eigenvalue weighted by molar-refractivity contribution is 7.10. The molecule has 1 atom stereocenters. The van der Waals surface area contributed by atoms with Gasteiger partial charge in [0.15, 0.2) is 0 Å². The van der Waals surface area contributed by atoms with Gasteiger partial charge in [0.05, 0.1) is 23.7 Å². The van der Waals surface area contributed by atoms with Crippen molar-refractivity contribution in [3.8, 4) is 6.07 Å². The second kappa shape index (κ2) is 7.94. The number of nitriles is 1. The van der Waals surface area contributed by atoms with E-state index in [1.807, 2.05) is 19.2 Å². The van der Waals surface area contributed by atoms with E-state index < -0.39 is 0 Å². The number of piperazine rings is 1. The Bertz CT molecular complexity index is 1030. The fraction of sp³-hybridized carbons (Fsp3) is 0.652. The monoisotopic (exact) mass is 452 g/mol. The molecule has 3 fully saturated rings. The van der Waals surface area contributed by atoms with Crippen molar-refractivity contribution in [2.45, 2.75) is 52.1 Å². The second-order valence-electron chi connectivity index (χ2n) is 10.5. The molecule has 2 aromatic heterocycles. The van der Waals surface area contributed by atoms with Crippen LogP contribution < -0.4 is 10.2 Å². The van der Waals surface area contributed by atoms with Crippen molar-refractivity contribution in [1.29, 1.82) is 5.26 Å². The molecule has 0 spiro atoms. The summed E-state index contributed by atoms with van der Waals surface area (Å²) >= 11 is 1.41. The zero-order valence-corrected chi connectivity index (χ0v) is 20.2. The molecular formula is C23H32N8S. The summed E-state index contributed by atoms with van der Waals surface area (Å²) in [7, 11) is 0. The SMILES string of the molecule is Cc1cc(Nc2ncc(C)c(N3CC(CC#N)(N4CCN5CC(C)(C)C[C@H]5C4)C3)n2)sn1. The molecule has 1 N–H and O–H groups in total. The van der Waals surface area contributed by atoms with E-state index in [4.69, 9.17) is 4.98 Å². The van der Waals surface area contributed by atoms with Crippen LogP contribution in [0.5, 0.6) is 0 Å². The van der Waals surface area contributed by atoms with E-state index in [0.29, 0.717) is 23.8 Å². The molecule has 5 rings (SSSR count). The van der Waals surface area contributed by atoms with Gasteiger partial charge in [0.1, 0.15) is 10.8 Å². The van der Waals surface area contributed by atoms with E-state index in [2.05, 4.69) is 56.2 Å². The third-order valence-electron chi connectivity index (χ3n) is 7.18. The number of aryl methyl sites for hydroxylation is 2. The molecule has 0 unspecified atom stereocenters. The third kappa shape index (κ3) is 3.96. The number of rotatable bonds is 5. The maximum atomic E-state index is 9.64. The van der Waals surface area contributed by atoms with Crippen molar-refractivity contribution in [2.24, 2.45) is 5.41 Å². The van der Waals surface area contributed by atoms with Gasteiger partial charge >= 0.3 is 0 Å². The molecule has 0 radical (unpaired) electrons. The fourth-order valence-electron chi connectivity index (χ4n) is 5.71. The van der Waals surface area contributed by atoms with Crippen molar-refractivity contribution in [3.05, 3.63) is 23.5 Å². The summed E-state index contributed by atoms with van der Waals surface area (Å²) in [4.78, 5) is 16.8. The van der Waals surface area contributed by atoms with Crippen LogP contribution in [0.1, 0.15) is 37.9 Å². The minimum Gasteiger partial charge on any atom is -0.352 e.